The van der Waals surface area contributed by atoms with Gasteiger partial charge in [-0.2, -0.15) is 0 Å². The highest BCUT2D eigenvalue weighted by Gasteiger charge is 2.29. The molecule has 0 radical (unpaired) electrons. The third-order valence-electron chi connectivity index (χ3n) is 2.04. The molecule has 7 heteroatoms. The molecule has 0 saturated heterocycles. The van der Waals surface area contributed by atoms with Crippen LogP contribution in [0.25, 0.3) is 0 Å². The van der Waals surface area contributed by atoms with Gasteiger partial charge in [-0.3, -0.25) is 9.69 Å². The monoisotopic (exact) mass is 247 g/mol. The van der Waals surface area contributed by atoms with Crippen LogP contribution >= 0.6 is 0 Å². The van der Waals surface area contributed by atoms with Gasteiger partial charge in [0.05, 0.1) is 20.8 Å². The number of carbonyl (C=O) groups excluding carboxylic acids is 3. The molecule has 0 aromatic carbocycles. The van der Waals surface area contributed by atoms with Gasteiger partial charge in [0.2, 0.25) is 0 Å². The van der Waals surface area contributed by atoms with E-state index in [1.165, 1.54) is 21.1 Å². The Morgan fingerprint density at radius 3 is 2.18 bits per heavy atom. The Bertz CT molecular complexity index is 291. The minimum atomic E-state index is -0.918. The molecule has 0 fully saturated rings. The largest absolute Gasteiger partial charge is 0.468 e. The molecule has 7 nitrogen and oxygen atoms in total. The Kier molecular flexibility index (Phi) is 6.69. The van der Waals surface area contributed by atoms with Crippen molar-refractivity contribution in [2.75, 3.05) is 27.4 Å². The summed E-state index contributed by atoms with van der Waals surface area (Å²) in [5, 5.41) is 0. The van der Waals surface area contributed by atoms with E-state index < -0.39 is 24.1 Å². The zero-order valence-electron chi connectivity index (χ0n) is 10.4. The number of rotatable bonds is 5. The minimum absolute atomic E-state index is 0.143. The lowest BCUT2D eigenvalue weighted by Crippen LogP contribution is -2.46. The number of esters is 2. The van der Waals surface area contributed by atoms with Crippen LogP contribution in [0.3, 0.4) is 0 Å². The minimum Gasteiger partial charge on any atom is -0.468 e. The number of carbonyl (C=O) groups is 3. The Hall–Kier alpha value is -1.79. The highest BCUT2D eigenvalue weighted by molar-refractivity contribution is 5.84. The molecular weight excluding hydrogens is 230 g/mol. The van der Waals surface area contributed by atoms with E-state index >= 15 is 0 Å². The molecule has 0 aromatic rings. The smallest absolute Gasteiger partial charge is 0.411 e. The fraction of sp³-hybridized carbons (Fsp3) is 0.700. The molecule has 0 N–H and O–H groups in total. The Morgan fingerprint density at radius 2 is 1.76 bits per heavy atom. The second-order valence-corrected chi connectivity index (χ2v) is 3.10. The van der Waals surface area contributed by atoms with Crippen LogP contribution in [0, 0.1) is 0 Å². The van der Waals surface area contributed by atoms with Gasteiger partial charge < -0.3 is 14.2 Å². The topological polar surface area (TPSA) is 82.1 Å². The fourth-order valence-corrected chi connectivity index (χ4v) is 1.07. The molecule has 0 aromatic heterocycles. The molecule has 0 aliphatic carbocycles. The quantitative estimate of drug-likeness (QED) is 0.509. The number of amides is 1. The summed E-state index contributed by atoms with van der Waals surface area (Å²) < 4.78 is 13.7. The van der Waals surface area contributed by atoms with E-state index in [4.69, 9.17) is 4.74 Å². The van der Waals surface area contributed by atoms with Gasteiger partial charge in [-0.1, -0.05) is 0 Å². The number of ether oxygens (including phenoxy) is 3. The van der Waals surface area contributed by atoms with Gasteiger partial charge in [0.15, 0.2) is 0 Å². The first kappa shape index (κ1) is 15.2. The van der Waals surface area contributed by atoms with E-state index in [-0.39, 0.29) is 13.2 Å². The van der Waals surface area contributed by atoms with E-state index in [0.29, 0.717) is 0 Å². The number of nitrogens with zero attached hydrogens (tertiary/aromatic N) is 1. The van der Waals surface area contributed by atoms with Gasteiger partial charge in [-0.15, -0.1) is 0 Å². The van der Waals surface area contributed by atoms with Gasteiger partial charge in [0.25, 0.3) is 0 Å². The Morgan fingerprint density at radius 1 is 1.18 bits per heavy atom. The van der Waals surface area contributed by atoms with E-state index in [2.05, 4.69) is 9.47 Å². The lowest BCUT2D eigenvalue weighted by Gasteiger charge is -2.25. The van der Waals surface area contributed by atoms with Gasteiger partial charge >= 0.3 is 18.0 Å². The molecule has 0 spiro atoms. The molecular formula is C10H17NO6. The average molecular weight is 247 g/mol. The van der Waals surface area contributed by atoms with Crippen molar-refractivity contribution in [3.05, 3.63) is 0 Å². The van der Waals surface area contributed by atoms with E-state index in [1.807, 2.05) is 0 Å². The van der Waals surface area contributed by atoms with Crippen LogP contribution in [0.4, 0.5) is 4.79 Å². The van der Waals surface area contributed by atoms with Crippen LogP contribution in [0.15, 0.2) is 0 Å². The summed E-state index contributed by atoms with van der Waals surface area (Å²) in [6, 6.07) is -0.918. The molecule has 1 unspecified atom stereocenters. The summed E-state index contributed by atoms with van der Waals surface area (Å²) in [4.78, 5) is 34.9. The van der Waals surface area contributed by atoms with Crippen molar-refractivity contribution >= 4 is 18.0 Å². The second-order valence-electron chi connectivity index (χ2n) is 3.10. The average Bonchev–Trinajstić information content (AvgIpc) is 2.33. The molecule has 0 rings (SSSR count). The number of hydrogen-bond acceptors (Lipinski definition) is 6. The SMILES string of the molecule is CCOC(=O)N(CC(=O)OC)C(C)C(=O)OC. The van der Waals surface area contributed by atoms with E-state index in [1.54, 1.807) is 6.92 Å². The van der Waals surface area contributed by atoms with Crippen LogP contribution in [0.2, 0.25) is 0 Å². The maximum Gasteiger partial charge on any atom is 0.411 e. The third kappa shape index (κ3) is 4.71. The number of hydrogen-bond donors (Lipinski definition) is 0. The molecule has 0 aliphatic rings. The maximum absolute atomic E-state index is 11.5. The maximum atomic E-state index is 11.5. The molecule has 0 heterocycles. The summed E-state index contributed by atoms with van der Waals surface area (Å²) in [6.45, 7) is 2.83. The van der Waals surface area contributed by atoms with Crippen molar-refractivity contribution in [1.29, 1.82) is 0 Å². The molecule has 0 aliphatic heterocycles. The summed E-state index contributed by atoms with van der Waals surface area (Å²) in [6.07, 6.45) is -0.768. The first-order valence-corrected chi connectivity index (χ1v) is 5.05. The van der Waals surface area contributed by atoms with Crippen LogP contribution in [0.1, 0.15) is 13.8 Å². The third-order valence-corrected chi connectivity index (χ3v) is 2.04. The highest BCUT2D eigenvalue weighted by atomic mass is 16.6. The van der Waals surface area contributed by atoms with Gasteiger partial charge in [0.1, 0.15) is 12.6 Å². The van der Waals surface area contributed by atoms with Crippen LogP contribution in [-0.4, -0.2) is 56.3 Å². The standard InChI is InChI=1S/C10H17NO6/c1-5-17-10(14)11(6-8(12)15-3)7(2)9(13)16-4/h7H,5-6H2,1-4H3. The number of methoxy groups -OCH3 is 2. The van der Waals surface area contributed by atoms with Gasteiger partial charge in [0, 0.05) is 0 Å². The molecule has 98 valence electrons. The zero-order valence-corrected chi connectivity index (χ0v) is 10.4. The molecule has 0 bridgehead atoms. The van der Waals surface area contributed by atoms with Crippen molar-refractivity contribution in [3.8, 4) is 0 Å². The van der Waals surface area contributed by atoms with Crippen molar-refractivity contribution in [1.82, 2.24) is 4.90 Å². The summed E-state index contributed by atoms with van der Waals surface area (Å²) in [5.41, 5.74) is 0. The normalized spacial score (nSPS) is 11.3. The molecule has 17 heavy (non-hydrogen) atoms. The van der Waals surface area contributed by atoms with E-state index in [0.717, 1.165) is 4.90 Å². The first-order chi connectivity index (χ1) is 7.97. The Balaban J connectivity index is 4.77. The van der Waals surface area contributed by atoms with Crippen molar-refractivity contribution in [3.63, 3.8) is 0 Å². The molecule has 0 saturated carbocycles. The lowest BCUT2D eigenvalue weighted by atomic mass is 10.3. The first-order valence-electron chi connectivity index (χ1n) is 5.05. The predicted molar refractivity (Wildman–Crippen MR) is 57.2 cm³/mol. The second kappa shape index (κ2) is 7.48. The van der Waals surface area contributed by atoms with Gasteiger partial charge in [-0.05, 0) is 13.8 Å². The summed E-state index contributed by atoms with van der Waals surface area (Å²) in [5.74, 6) is -1.28. The summed E-state index contributed by atoms with van der Waals surface area (Å²) in [7, 11) is 2.38. The van der Waals surface area contributed by atoms with Gasteiger partial charge in [-0.25, -0.2) is 9.59 Å². The van der Waals surface area contributed by atoms with Crippen LogP contribution < -0.4 is 0 Å². The van der Waals surface area contributed by atoms with Crippen LogP contribution in [-0.2, 0) is 23.8 Å². The predicted octanol–water partition coefficient (Wildman–Crippen LogP) is 0.179. The van der Waals surface area contributed by atoms with E-state index in [9.17, 15) is 14.4 Å². The van der Waals surface area contributed by atoms with Crippen molar-refractivity contribution in [2.45, 2.75) is 19.9 Å². The fourth-order valence-electron chi connectivity index (χ4n) is 1.07. The molecule has 1 atom stereocenters. The van der Waals surface area contributed by atoms with Crippen molar-refractivity contribution in [2.24, 2.45) is 0 Å². The molecule has 1 amide bonds. The lowest BCUT2D eigenvalue weighted by molar-refractivity contribution is -0.148. The summed E-state index contributed by atoms with van der Waals surface area (Å²) >= 11 is 0. The Labute approximate surface area is 99.6 Å². The zero-order chi connectivity index (χ0) is 13.4. The highest BCUT2D eigenvalue weighted by Crippen LogP contribution is 2.04. The van der Waals surface area contributed by atoms with Crippen LogP contribution in [0.5, 0.6) is 0 Å². The van der Waals surface area contributed by atoms with Crippen molar-refractivity contribution < 1.29 is 28.6 Å².